The lowest BCUT2D eigenvalue weighted by atomic mass is 10.0. The maximum absolute atomic E-state index is 5.85. The van der Waals surface area contributed by atoms with E-state index in [2.05, 4.69) is 56.4 Å². The van der Waals surface area contributed by atoms with Gasteiger partial charge in [0, 0.05) is 22.5 Å². The molecule has 0 aliphatic heterocycles. The van der Waals surface area contributed by atoms with Crippen LogP contribution >= 0.6 is 0 Å². The quantitative estimate of drug-likeness (QED) is 0.681. The zero-order chi connectivity index (χ0) is 14.1. The Morgan fingerprint density at radius 1 is 0.950 bits per heavy atom. The van der Waals surface area contributed by atoms with E-state index in [-0.39, 0.29) is 0 Å². The predicted molar refractivity (Wildman–Crippen MR) is 86.3 cm³/mol. The van der Waals surface area contributed by atoms with Gasteiger partial charge in [0.15, 0.2) is 0 Å². The van der Waals surface area contributed by atoms with Crippen LogP contribution < -0.4 is 5.32 Å². The smallest absolute Gasteiger partial charge is 0.135 e. The molecule has 0 aliphatic carbocycles. The van der Waals surface area contributed by atoms with Crippen molar-refractivity contribution in [3.63, 3.8) is 0 Å². The van der Waals surface area contributed by atoms with Crippen molar-refractivity contribution < 1.29 is 4.42 Å². The van der Waals surface area contributed by atoms with E-state index in [1.807, 2.05) is 12.1 Å². The Hall–Kier alpha value is -1.96. The first-order chi connectivity index (χ1) is 9.63. The maximum Gasteiger partial charge on any atom is 0.135 e. The van der Waals surface area contributed by atoms with Gasteiger partial charge >= 0.3 is 0 Å². The molecule has 1 N–H and O–H groups in total. The fourth-order valence-corrected chi connectivity index (χ4v) is 2.87. The Morgan fingerprint density at radius 2 is 1.70 bits per heavy atom. The van der Waals surface area contributed by atoms with Crippen molar-refractivity contribution in [2.45, 2.75) is 33.2 Å². The SMILES string of the molecule is CC(C)CC(C)Nc1ccc2oc3ccccc3c2c1. The molecular formula is C18H21NO. The van der Waals surface area contributed by atoms with E-state index in [0.29, 0.717) is 12.0 Å². The van der Waals surface area contributed by atoms with Gasteiger partial charge < -0.3 is 9.73 Å². The van der Waals surface area contributed by atoms with Crippen LogP contribution in [0.3, 0.4) is 0 Å². The molecule has 1 aromatic heterocycles. The molecule has 0 spiro atoms. The van der Waals surface area contributed by atoms with Crippen LogP contribution in [0.1, 0.15) is 27.2 Å². The lowest BCUT2D eigenvalue weighted by Gasteiger charge is -2.17. The van der Waals surface area contributed by atoms with Crippen molar-refractivity contribution in [2.75, 3.05) is 5.32 Å². The molecule has 0 aliphatic rings. The van der Waals surface area contributed by atoms with Gasteiger partial charge in [-0.3, -0.25) is 0 Å². The number of hydrogen-bond donors (Lipinski definition) is 1. The van der Waals surface area contributed by atoms with Gasteiger partial charge in [-0.15, -0.1) is 0 Å². The number of benzene rings is 2. The van der Waals surface area contributed by atoms with E-state index in [9.17, 15) is 0 Å². The molecule has 20 heavy (non-hydrogen) atoms. The van der Waals surface area contributed by atoms with E-state index >= 15 is 0 Å². The van der Waals surface area contributed by atoms with Gasteiger partial charge in [-0.1, -0.05) is 32.0 Å². The van der Waals surface area contributed by atoms with Gasteiger partial charge in [0.1, 0.15) is 11.2 Å². The Morgan fingerprint density at radius 3 is 2.50 bits per heavy atom. The third-order valence-electron chi connectivity index (χ3n) is 3.61. The fraction of sp³-hybridized carbons (Fsp3) is 0.333. The Balaban J connectivity index is 1.95. The highest BCUT2D eigenvalue weighted by Crippen LogP contribution is 2.30. The molecule has 0 radical (unpaired) electrons. The van der Waals surface area contributed by atoms with Gasteiger partial charge in [0.25, 0.3) is 0 Å². The van der Waals surface area contributed by atoms with Crippen LogP contribution in [0.4, 0.5) is 5.69 Å². The summed E-state index contributed by atoms with van der Waals surface area (Å²) in [4.78, 5) is 0. The van der Waals surface area contributed by atoms with E-state index in [4.69, 9.17) is 4.42 Å². The number of rotatable bonds is 4. The topological polar surface area (TPSA) is 25.2 Å². The molecule has 0 amide bonds. The average molecular weight is 267 g/mol. The van der Waals surface area contributed by atoms with Crippen LogP contribution in [0.5, 0.6) is 0 Å². The third kappa shape index (κ3) is 2.51. The van der Waals surface area contributed by atoms with Gasteiger partial charge in [0.2, 0.25) is 0 Å². The van der Waals surface area contributed by atoms with Crippen LogP contribution in [0.15, 0.2) is 46.9 Å². The zero-order valence-corrected chi connectivity index (χ0v) is 12.3. The lowest BCUT2D eigenvalue weighted by molar-refractivity contribution is 0.540. The normalized spacial score (nSPS) is 13.2. The third-order valence-corrected chi connectivity index (χ3v) is 3.61. The lowest BCUT2D eigenvalue weighted by Crippen LogP contribution is -2.17. The van der Waals surface area contributed by atoms with Crippen molar-refractivity contribution >= 4 is 27.6 Å². The van der Waals surface area contributed by atoms with E-state index in [1.54, 1.807) is 0 Å². The monoisotopic (exact) mass is 267 g/mol. The molecular weight excluding hydrogens is 246 g/mol. The minimum atomic E-state index is 0.477. The predicted octanol–water partition coefficient (Wildman–Crippen LogP) is 5.43. The maximum atomic E-state index is 5.85. The van der Waals surface area contributed by atoms with E-state index in [0.717, 1.165) is 16.9 Å². The van der Waals surface area contributed by atoms with Crippen molar-refractivity contribution in [3.05, 3.63) is 42.5 Å². The molecule has 0 saturated carbocycles. The second-order valence-electron chi connectivity index (χ2n) is 5.98. The van der Waals surface area contributed by atoms with Crippen LogP contribution in [-0.4, -0.2) is 6.04 Å². The number of hydrogen-bond acceptors (Lipinski definition) is 2. The first-order valence-corrected chi connectivity index (χ1v) is 7.31. The molecule has 0 saturated heterocycles. The highest BCUT2D eigenvalue weighted by molar-refractivity contribution is 6.05. The first-order valence-electron chi connectivity index (χ1n) is 7.31. The van der Waals surface area contributed by atoms with Crippen molar-refractivity contribution in [2.24, 2.45) is 5.92 Å². The highest BCUT2D eigenvalue weighted by Gasteiger charge is 2.09. The Labute approximate surface area is 119 Å². The Kier molecular flexibility index (Phi) is 3.39. The number of anilines is 1. The Bertz CT molecular complexity index is 726. The molecule has 3 rings (SSSR count). The second-order valence-corrected chi connectivity index (χ2v) is 5.98. The van der Waals surface area contributed by atoms with E-state index < -0.39 is 0 Å². The molecule has 2 aromatic carbocycles. The summed E-state index contributed by atoms with van der Waals surface area (Å²) in [7, 11) is 0. The number of fused-ring (bicyclic) bond motifs is 3. The van der Waals surface area contributed by atoms with Gasteiger partial charge in [0.05, 0.1) is 0 Å². The first kappa shape index (κ1) is 13.0. The molecule has 2 heteroatoms. The summed E-state index contributed by atoms with van der Waals surface area (Å²) in [6.07, 6.45) is 1.17. The summed E-state index contributed by atoms with van der Waals surface area (Å²) in [5.74, 6) is 0.705. The van der Waals surface area contributed by atoms with Crippen molar-refractivity contribution in [1.82, 2.24) is 0 Å². The van der Waals surface area contributed by atoms with Crippen LogP contribution in [0.2, 0.25) is 0 Å². The second kappa shape index (κ2) is 5.20. The number of nitrogens with one attached hydrogen (secondary N) is 1. The largest absolute Gasteiger partial charge is 0.456 e. The molecule has 1 atom stereocenters. The molecule has 2 nitrogen and oxygen atoms in total. The number of para-hydroxylation sites is 1. The minimum Gasteiger partial charge on any atom is -0.456 e. The highest BCUT2D eigenvalue weighted by atomic mass is 16.3. The standard InChI is InChI=1S/C18H21NO/c1-12(2)10-13(3)19-14-8-9-18-16(11-14)15-6-4-5-7-17(15)20-18/h4-9,11-13,19H,10H2,1-3H3. The molecule has 0 bridgehead atoms. The molecule has 104 valence electrons. The average Bonchev–Trinajstić information content (AvgIpc) is 2.76. The molecule has 1 unspecified atom stereocenters. The number of furan rings is 1. The summed E-state index contributed by atoms with van der Waals surface area (Å²) in [5, 5.41) is 5.94. The summed E-state index contributed by atoms with van der Waals surface area (Å²) in [6.45, 7) is 6.74. The summed E-state index contributed by atoms with van der Waals surface area (Å²) in [5.41, 5.74) is 3.07. The van der Waals surface area contributed by atoms with Gasteiger partial charge in [-0.2, -0.15) is 0 Å². The summed E-state index contributed by atoms with van der Waals surface area (Å²) < 4.78 is 5.85. The fourth-order valence-electron chi connectivity index (χ4n) is 2.87. The van der Waals surface area contributed by atoms with Crippen LogP contribution in [0.25, 0.3) is 21.9 Å². The van der Waals surface area contributed by atoms with Gasteiger partial charge in [-0.25, -0.2) is 0 Å². The zero-order valence-electron chi connectivity index (χ0n) is 12.3. The van der Waals surface area contributed by atoms with Crippen molar-refractivity contribution in [3.8, 4) is 0 Å². The van der Waals surface area contributed by atoms with E-state index in [1.165, 1.54) is 17.2 Å². The van der Waals surface area contributed by atoms with Crippen molar-refractivity contribution in [1.29, 1.82) is 0 Å². The van der Waals surface area contributed by atoms with Crippen LogP contribution in [0, 0.1) is 5.92 Å². The molecule has 0 fully saturated rings. The minimum absolute atomic E-state index is 0.477. The molecule has 3 aromatic rings. The molecule has 1 heterocycles. The van der Waals surface area contributed by atoms with Crippen LogP contribution in [-0.2, 0) is 0 Å². The summed E-state index contributed by atoms with van der Waals surface area (Å²) in [6, 6.07) is 15.0. The van der Waals surface area contributed by atoms with Gasteiger partial charge in [-0.05, 0) is 43.5 Å². The summed E-state index contributed by atoms with van der Waals surface area (Å²) >= 11 is 0.